The Balaban J connectivity index is 0.00000280. The second-order valence-corrected chi connectivity index (χ2v) is 7.41. The Labute approximate surface area is 171 Å². The molecule has 2 amide bonds. The van der Waals surface area contributed by atoms with E-state index in [0.717, 1.165) is 32.4 Å². The van der Waals surface area contributed by atoms with Gasteiger partial charge in [0.2, 0.25) is 5.91 Å². The van der Waals surface area contributed by atoms with Crippen LogP contribution in [-0.4, -0.2) is 74.6 Å². The Morgan fingerprint density at radius 2 is 1.68 bits per heavy atom. The molecule has 0 atom stereocenters. The van der Waals surface area contributed by atoms with Crippen LogP contribution in [0.1, 0.15) is 29.6 Å². The van der Waals surface area contributed by atoms with E-state index in [2.05, 4.69) is 5.32 Å². The van der Waals surface area contributed by atoms with Gasteiger partial charge in [0.1, 0.15) is 5.82 Å². The molecule has 2 aliphatic heterocycles. The van der Waals surface area contributed by atoms with E-state index in [4.69, 9.17) is 4.74 Å². The minimum Gasteiger partial charge on any atom is -0.384 e. The normalized spacial score (nSPS) is 19.5. The zero-order chi connectivity index (χ0) is 19.3. The Morgan fingerprint density at radius 1 is 1.07 bits per heavy atom. The number of hydrogen-bond donors (Lipinski definition) is 1. The number of halogens is 2. The van der Waals surface area contributed by atoms with Crippen molar-refractivity contribution in [1.29, 1.82) is 0 Å². The highest BCUT2D eigenvalue weighted by molar-refractivity contribution is 5.94. The molecule has 2 fully saturated rings. The maximum Gasteiger partial charge on any atom is 0.253 e. The summed E-state index contributed by atoms with van der Waals surface area (Å²) in [5.74, 6) is -0.329. The molecular formula is C20H29ClFN3O3. The summed E-state index contributed by atoms with van der Waals surface area (Å²) in [5.41, 5.74) is 0.0150. The van der Waals surface area contributed by atoms with E-state index in [1.165, 1.54) is 24.3 Å². The number of ether oxygens (including phenoxy) is 1. The van der Waals surface area contributed by atoms with Gasteiger partial charge in [-0.3, -0.25) is 9.59 Å². The van der Waals surface area contributed by atoms with Crippen molar-refractivity contribution in [1.82, 2.24) is 15.1 Å². The molecule has 156 valence electrons. The van der Waals surface area contributed by atoms with Crippen LogP contribution in [0.2, 0.25) is 0 Å². The molecule has 1 N–H and O–H groups in total. The van der Waals surface area contributed by atoms with Crippen molar-refractivity contribution in [3.05, 3.63) is 35.6 Å². The van der Waals surface area contributed by atoms with E-state index >= 15 is 0 Å². The molecule has 0 bridgehead atoms. The molecule has 6 nitrogen and oxygen atoms in total. The first-order chi connectivity index (χ1) is 13.1. The van der Waals surface area contributed by atoms with Gasteiger partial charge >= 0.3 is 0 Å². The minimum absolute atomic E-state index is 0. The molecule has 1 aromatic rings. The Bertz CT molecular complexity index is 660. The quantitative estimate of drug-likeness (QED) is 0.819. The predicted octanol–water partition coefficient (Wildman–Crippen LogP) is 1.94. The fourth-order valence-electron chi connectivity index (χ4n) is 4.04. The highest BCUT2D eigenvalue weighted by Crippen LogP contribution is 2.32. The van der Waals surface area contributed by atoms with Crippen molar-refractivity contribution in [3.63, 3.8) is 0 Å². The van der Waals surface area contributed by atoms with Crippen molar-refractivity contribution in [2.75, 3.05) is 53.0 Å². The number of carbonyl (C=O) groups excluding carboxylic acids is 2. The molecule has 0 aliphatic carbocycles. The number of methoxy groups -OCH3 is 1. The number of piperidine rings is 1. The van der Waals surface area contributed by atoms with Crippen LogP contribution >= 0.6 is 12.4 Å². The standard InChI is InChI=1S/C20H28FN3O3.ClH/c1-27-15-20(7-9-22-10-8-20)19(26)24-12-2-11-23(13-14-24)18(25)16-3-5-17(21)6-4-16;/h3-6,22H,2,7-15H2,1H3;1H. The molecule has 2 aliphatic rings. The first-order valence-electron chi connectivity index (χ1n) is 9.60. The number of carbonyl (C=O) groups is 2. The predicted molar refractivity (Wildman–Crippen MR) is 107 cm³/mol. The van der Waals surface area contributed by atoms with Crippen molar-refractivity contribution < 1.29 is 18.7 Å². The van der Waals surface area contributed by atoms with Gasteiger partial charge in [-0.25, -0.2) is 4.39 Å². The molecule has 0 unspecified atom stereocenters. The first kappa shape index (κ1) is 22.6. The smallest absolute Gasteiger partial charge is 0.253 e. The maximum atomic E-state index is 13.3. The maximum absolute atomic E-state index is 13.3. The number of rotatable bonds is 4. The Kier molecular flexibility index (Phi) is 8.22. The lowest BCUT2D eigenvalue weighted by Crippen LogP contribution is -2.52. The third-order valence-corrected chi connectivity index (χ3v) is 5.60. The van der Waals surface area contributed by atoms with E-state index in [0.29, 0.717) is 38.3 Å². The van der Waals surface area contributed by atoms with Crippen molar-refractivity contribution in [2.45, 2.75) is 19.3 Å². The van der Waals surface area contributed by atoms with Gasteiger partial charge < -0.3 is 19.9 Å². The summed E-state index contributed by atoms with van der Waals surface area (Å²) in [6.07, 6.45) is 2.28. The first-order valence-corrected chi connectivity index (χ1v) is 9.60. The third-order valence-electron chi connectivity index (χ3n) is 5.60. The second-order valence-electron chi connectivity index (χ2n) is 7.41. The van der Waals surface area contributed by atoms with Crippen molar-refractivity contribution in [2.24, 2.45) is 5.41 Å². The number of amides is 2. The van der Waals surface area contributed by atoms with Crippen LogP contribution in [0.3, 0.4) is 0 Å². The fraction of sp³-hybridized carbons (Fsp3) is 0.600. The monoisotopic (exact) mass is 413 g/mol. The van der Waals surface area contributed by atoms with Crippen LogP contribution in [0.5, 0.6) is 0 Å². The molecule has 2 saturated heterocycles. The molecule has 0 saturated carbocycles. The van der Waals surface area contributed by atoms with Gasteiger partial charge in [0, 0.05) is 38.9 Å². The lowest BCUT2D eigenvalue weighted by molar-refractivity contribution is -0.147. The zero-order valence-corrected chi connectivity index (χ0v) is 17.1. The number of nitrogens with zero attached hydrogens (tertiary/aromatic N) is 2. The lowest BCUT2D eigenvalue weighted by atomic mass is 9.78. The second kappa shape index (κ2) is 10.2. The van der Waals surface area contributed by atoms with Crippen molar-refractivity contribution >= 4 is 24.2 Å². The Hall–Kier alpha value is -1.70. The Morgan fingerprint density at radius 3 is 2.32 bits per heavy atom. The van der Waals surface area contributed by atoms with Crippen LogP contribution in [0, 0.1) is 11.2 Å². The summed E-state index contributed by atoms with van der Waals surface area (Å²) < 4.78 is 18.5. The summed E-state index contributed by atoms with van der Waals surface area (Å²) in [5, 5.41) is 3.31. The van der Waals surface area contributed by atoms with Gasteiger partial charge in [-0.05, 0) is 56.6 Å². The van der Waals surface area contributed by atoms with Crippen LogP contribution in [-0.2, 0) is 9.53 Å². The van der Waals surface area contributed by atoms with E-state index in [1.807, 2.05) is 4.90 Å². The number of hydrogen-bond acceptors (Lipinski definition) is 4. The molecule has 28 heavy (non-hydrogen) atoms. The van der Waals surface area contributed by atoms with Crippen LogP contribution < -0.4 is 5.32 Å². The van der Waals surface area contributed by atoms with Crippen LogP contribution in [0.4, 0.5) is 4.39 Å². The van der Waals surface area contributed by atoms with Gasteiger partial charge in [0.25, 0.3) is 5.91 Å². The van der Waals surface area contributed by atoms with E-state index in [1.54, 1.807) is 12.0 Å². The van der Waals surface area contributed by atoms with E-state index in [-0.39, 0.29) is 30.0 Å². The average Bonchev–Trinajstić information content (AvgIpc) is 2.94. The van der Waals surface area contributed by atoms with Crippen molar-refractivity contribution in [3.8, 4) is 0 Å². The largest absolute Gasteiger partial charge is 0.384 e. The highest BCUT2D eigenvalue weighted by Gasteiger charge is 2.42. The van der Waals surface area contributed by atoms with E-state index in [9.17, 15) is 14.0 Å². The summed E-state index contributed by atoms with van der Waals surface area (Å²) >= 11 is 0. The summed E-state index contributed by atoms with van der Waals surface area (Å²) in [6, 6.07) is 5.61. The summed E-state index contributed by atoms with van der Waals surface area (Å²) in [7, 11) is 1.64. The molecule has 0 aromatic heterocycles. The zero-order valence-electron chi connectivity index (χ0n) is 16.3. The fourth-order valence-corrected chi connectivity index (χ4v) is 4.04. The molecule has 0 spiro atoms. The van der Waals surface area contributed by atoms with Gasteiger partial charge in [-0.2, -0.15) is 0 Å². The summed E-state index contributed by atoms with van der Waals surface area (Å²) in [6.45, 7) is 4.32. The molecule has 8 heteroatoms. The number of nitrogens with one attached hydrogen (secondary N) is 1. The van der Waals surface area contributed by atoms with Gasteiger partial charge in [-0.1, -0.05) is 0 Å². The molecule has 1 aromatic carbocycles. The molecule has 3 rings (SSSR count). The number of benzene rings is 1. The summed E-state index contributed by atoms with van der Waals surface area (Å²) in [4.78, 5) is 29.6. The average molecular weight is 414 g/mol. The van der Waals surface area contributed by atoms with Crippen LogP contribution in [0.15, 0.2) is 24.3 Å². The highest BCUT2D eigenvalue weighted by atomic mass is 35.5. The van der Waals surface area contributed by atoms with Gasteiger partial charge in [0.15, 0.2) is 0 Å². The van der Waals surface area contributed by atoms with Gasteiger partial charge in [-0.15, -0.1) is 12.4 Å². The topological polar surface area (TPSA) is 61.9 Å². The SMILES string of the molecule is COCC1(C(=O)N2CCCN(C(=O)c3ccc(F)cc3)CC2)CCNCC1.Cl. The van der Waals surface area contributed by atoms with Gasteiger partial charge in [0.05, 0.1) is 12.0 Å². The molecule has 0 radical (unpaired) electrons. The van der Waals surface area contributed by atoms with E-state index < -0.39 is 5.41 Å². The lowest BCUT2D eigenvalue weighted by Gasteiger charge is -2.39. The third kappa shape index (κ3) is 5.01. The molecule has 2 heterocycles. The van der Waals surface area contributed by atoms with Crippen LogP contribution in [0.25, 0.3) is 0 Å². The minimum atomic E-state index is -0.462. The molecular weight excluding hydrogens is 385 g/mol.